The van der Waals surface area contributed by atoms with Gasteiger partial charge in [0, 0.05) is 30.5 Å². The van der Waals surface area contributed by atoms with Crippen LogP contribution in [0.3, 0.4) is 0 Å². The number of rotatable bonds is 8. The molecule has 200 valence electrons. The fraction of sp³-hybridized carbons (Fsp3) is 0.462. The summed E-state index contributed by atoms with van der Waals surface area (Å²) in [5, 5.41) is 22.9. The maximum atomic E-state index is 14.8. The summed E-state index contributed by atoms with van der Waals surface area (Å²) in [5.74, 6) is -2.24. The number of aliphatic hydroxyl groups excluding tert-OH is 1. The van der Waals surface area contributed by atoms with Crippen molar-refractivity contribution in [3.8, 4) is 5.75 Å². The van der Waals surface area contributed by atoms with Crippen molar-refractivity contribution in [3.05, 3.63) is 53.1 Å². The van der Waals surface area contributed by atoms with E-state index in [2.05, 4.69) is 5.32 Å². The number of nitrogens with one attached hydrogen (secondary N) is 1. The molecule has 1 fully saturated rings. The molecular formula is C26H33F2N3O5Si. The first-order valence-corrected chi connectivity index (χ1v) is 15.8. The highest BCUT2D eigenvalue weighted by Gasteiger charge is 2.42. The van der Waals surface area contributed by atoms with Gasteiger partial charge in [-0.05, 0) is 47.7 Å². The van der Waals surface area contributed by atoms with Crippen LogP contribution in [0.1, 0.15) is 23.6 Å². The summed E-state index contributed by atoms with van der Waals surface area (Å²) in [6, 6.07) is 6.66. The first kappa shape index (κ1) is 27.2. The highest BCUT2D eigenvalue weighted by atomic mass is 28.3. The van der Waals surface area contributed by atoms with Gasteiger partial charge in [0.15, 0.2) is 6.35 Å². The standard InChI is InChI=1S/C26H33F2N3O5Si/c1-36-18-5-6-19-16(10-18)7-8-31(26(35)30-13-15(14-30)9-22(32)33)23(19)25(34)29-17-11-20(27)24(21(28)12-17)37(2,3)4/h5-6,10-12,15,23,26,35H,7-9,13-14H2,1-4H3,(H,29,34)(H,32,33)/t23-,26?/m1/s1. The molecule has 2 aliphatic rings. The molecule has 37 heavy (non-hydrogen) atoms. The van der Waals surface area contributed by atoms with Crippen molar-refractivity contribution in [2.45, 2.75) is 44.9 Å². The zero-order valence-electron chi connectivity index (χ0n) is 21.4. The van der Waals surface area contributed by atoms with E-state index in [1.807, 2.05) is 25.7 Å². The lowest BCUT2D eigenvalue weighted by atomic mass is 9.91. The van der Waals surface area contributed by atoms with Gasteiger partial charge in [0.25, 0.3) is 0 Å². The third-order valence-corrected chi connectivity index (χ3v) is 8.97. The van der Waals surface area contributed by atoms with Gasteiger partial charge >= 0.3 is 5.97 Å². The van der Waals surface area contributed by atoms with Gasteiger partial charge in [-0.15, -0.1) is 0 Å². The van der Waals surface area contributed by atoms with Gasteiger partial charge < -0.3 is 20.3 Å². The van der Waals surface area contributed by atoms with E-state index in [1.54, 1.807) is 29.0 Å². The molecule has 2 aliphatic heterocycles. The minimum atomic E-state index is -2.28. The van der Waals surface area contributed by atoms with Crippen LogP contribution in [-0.4, -0.2) is 73.1 Å². The van der Waals surface area contributed by atoms with Gasteiger partial charge in [-0.25, -0.2) is 13.7 Å². The van der Waals surface area contributed by atoms with E-state index in [0.717, 1.165) is 17.7 Å². The maximum absolute atomic E-state index is 14.8. The number of carbonyl (C=O) groups excluding carboxylic acids is 1. The molecule has 0 saturated carbocycles. The minimum Gasteiger partial charge on any atom is -0.497 e. The van der Waals surface area contributed by atoms with E-state index >= 15 is 0 Å². The Balaban J connectivity index is 1.62. The van der Waals surface area contributed by atoms with Crippen LogP contribution in [0.15, 0.2) is 30.3 Å². The van der Waals surface area contributed by atoms with E-state index in [4.69, 9.17) is 9.84 Å². The summed E-state index contributed by atoms with van der Waals surface area (Å²) in [5.41, 5.74) is 1.54. The molecule has 3 N–H and O–H groups in total. The lowest BCUT2D eigenvalue weighted by Crippen LogP contribution is -2.61. The second kappa shape index (κ2) is 10.5. The molecule has 2 aromatic rings. The smallest absolute Gasteiger partial charge is 0.303 e. The van der Waals surface area contributed by atoms with Crippen molar-refractivity contribution < 1.29 is 33.3 Å². The third kappa shape index (κ3) is 5.69. The Morgan fingerprint density at radius 2 is 1.81 bits per heavy atom. The van der Waals surface area contributed by atoms with Gasteiger partial charge in [0.05, 0.1) is 21.6 Å². The van der Waals surface area contributed by atoms with Gasteiger partial charge in [-0.3, -0.25) is 14.5 Å². The number of halogens is 2. The van der Waals surface area contributed by atoms with E-state index in [-0.39, 0.29) is 23.2 Å². The SMILES string of the molecule is COc1ccc2c(c1)CCN(C(O)N1CC(CC(=O)O)C1)[C@H]2C(=O)Nc1cc(F)c([Si](C)(C)C)c(F)c1. The second-order valence-corrected chi connectivity index (χ2v) is 15.8. The van der Waals surface area contributed by atoms with Crippen LogP contribution in [0.2, 0.25) is 19.6 Å². The summed E-state index contributed by atoms with van der Waals surface area (Å²) in [6.45, 7) is 6.66. The molecule has 8 nitrogen and oxygen atoms in total. The Morgan fingerprint density at radius 3 is 2.38 bits per heavy atom. The molecule has 0 bridgehead atoms. The van der Waals surface area contributed by atoms with Crippen LogP contribution in [-0.2, 0) is 16.0 Å². The average molecular weight is 534 g/mol. The number of nitrogens with zero attached hydrogens (tertiary/aromatic N) is 2. The van der Waals surface area contributed by atoms with E-state index < -0.39 is 44.0 Å². The summed E-state index contributed by atoms with van der Waals surface area (Å²) >= 11 is 0. The van der Waals surface area contributed by atoms with Crippen molar-refractivity contribution in [1.29, 1.82) is 0 Å². The molecule has 2 heterocycles. The Kier molecular flexibility index (Phi) is 7.70. The number of likely N-dealkylation sites (tertiary alicyclic amines) is 1. The minimum absolute atomic E-state index is 0.00236. The highest BCUT2D eigenvalue weighted by molar-refractivity contribution is 6.88. The second-order valence-electron chi connectivity index (χ2n) is 10.8. The van der Waals surface area contributed by atoms with Crippen molar-refractivity contribution >= 4 is 30.8 Å². The van der Waals surface area contributed by atoms with Gasteiger partial charge in [0.1, 0.15) is 23.4 Å². The highest BCUT2D eigenvalue weighted by Crippen LogP contribution is 2.36. The Bertz CT molecular complexity index is 1180. The molecule has 0 radical (unpaired) electrons. The van der Waals surface area contributed by atoms with Crippen LogP contribution < -0.4 is 15.2 Å². The molecule has 2 atom stereocenters. The number of fused-ring (bicyclic) bond motifs is 1. The van der Waals surface area contributed by atoms with Gasteiger partial charge in [-0.2, -0.15) is 0 Å². The van der Waals surface area contributed by atoms with Crippen LogP contribution in [0.25, 0.3) is 0 Å². The number of methoxy groups -OCH3 is 1. The lowest BCUT2D eigenvalue weighted by Gasteiger charge is -2.48. The predicted octanol–water partition coefficient (Wildman–Crippen LogP) is 2.74. The van der Waals surface area contributed by atoms with E-state index in [1.165, 1.54) is 0 Å². The van der Waals surface area contributed by atoms with Crippen molar-refractivity contribution in [1.82, 2.24) is 9.80 Å². The molecule has 0 aromatic heterocycles. The average Bonchev–Trinajstić information content (AvgIpc) is 2.77. The number of amides is 1. The Labute approximate surface area is 215 Å². The quantitative estimate of drug-likeness (QED) is 0.449. The molecule has 1 amide bonds. The zero-order chi connectivity index (χ0) is 27.1. The van der Waals surface area contributed by atoms with Gasteiger partial charge in [-0.1, -0.05) is 25.7 Å². The molecule has 11 heteroatoms. The zero-order valence-corrected chi connectivity index (χ0v) is 22.4. The first-order chi connectivity index (χ1) is 17.4. The molecule has 1 saturated heterocycles. The van der Waals surface area contributed by atoms with Crippen LogP contribution in [0.4, 0.5) is 14.5 Å². The molecule has 0 spiro atoms. The van der Waals surface area contributed by atoms with E-state index in [9.17, 15) is 23.5 Å². The number of hydrogen-bond acceptors (Lipinski definition) is 6. The normalized spacial score (nSPS) is 19.6. The van der Waals surface area contributed by atoms with Crippen LogP contribution >= 0.6 is 0 Å². The fourth-order valence-corrected chi connectivity index (χ4v) is 6.82. The third-order valence-electron chi connectivity index (χ3n) is 7.00. The Morgan fingerprint density at radius 1 is 1.16 bits per heavy atom. The molecule has 0 aliphatic carbocycles. The fourth-order valence-electron chi connectivity index (χ4n) is 5.25. The number of carboxylic acids is 1. The number of carbonyl (C=O) groups is 2. The number of aliphatic carboxylic acids is 1. The van der Waals surface area contributed by atoms with Crippen LogP contribution in [0, 0.1) is 17.6 Å². The molecular weight excluding hydrogens is 500 g/mol. The number of carboxylic acid groups (broad SMARTS) is 1. The summed E-state index contributed by atoms with van der Waals surface area (Å²) in [7, 11) is -0.734. The van der Waals surface area contributed by atoms with Crippen molar-refractivity contribution in [2.75, 3.05) is 32.1 Å². The summed E-state index contributed by atoms with van der Waals surface area (Å²) in [6.07, 6.45) is -0.562. The summed E-state index contributed by atoms with van der Waals surface area (Å²) < 4.78 is 35.0. The number of aliphatic hydroxyl groups is 1. The number of anilines is 1. The molecule has 4 rings (SSSR count). The number of ether oxygens (including phenoxy) is 1. The first-order valence-electron chi connectivity index (χ1n) is 12.3. The van der Waals surface area contributed by atoms with Crippen LogP contribution in [0.5, 0.6) is 5.75 Å². The largest absolute Gasteiger partial charge is 0.497 e. The summed E-state index contributed by atoms with van der Waals surface area (Å²) in [4.78, 5) is 28.0. The number of benzene rings is 2. The van der Waals surface area contributed by atoms with Crippen molar-refractivity contribution in [3.63, 3.8) is 0 Å². The molecule has 2 aromatic carbocycles. The van der Waals surface area contributed by atoms with E-state index in [0.29, 0.717) is 37.4 Å². The van der Waals surface area contributed by atoms with Gasteiger partial charge in [0.2, 0.25) is 5.91 Å². The number of hydrogen-bond donors (Lipinski definition) is 3. The topological polar surface area (TPSA) is 102 Å². The van der Waals surface area contributed by atoms with Crippen molar-refractivity contribution in [2.24, 2.45) is 5.92 Å². The maximum Gasteiger partial charge on any atom is 0.303 e. The monoisotopic (exact) mass is 533 g/mol. The lowest BCUT2D eigenvalue weighted by molar-refractivity contribution is -0.176. The Hall–Kier alpha value is -2.86. The predicted molar refractivity (Wildman–Crippen MR) is 137 cm³/mol. The molecule has 1 unspecified atom stereocenters.